The van der Waals surface area contributed by atoms with Crippen LogP contribution in [0, 0.1) is 0 Å². The van der Waals surface area contributed by atoms with Gasteiger partial charge in [0.15, 0.2) is 5.82 Å². The van der Waals surface area contributed by atoms with Crippen LogP contribution in [0.1, 0.15) is 16.8 Å². The lowest BCUT2D eigenvalue weighted by Gasteiger charge is -2.10. The summed E-state index contributed by atoms with van der Waals surface area (Å²) in [6.07, 6.45) is 4.64. The molecule has 0 atom stereocenters. The Morgan fingerprint density at radius 3 is 2.86 bits per heavy atom. The van der Waals surface area contributed by atoms with Crippen LogP contribution < -0.4 is 5.32 Å². The van der Waals surface area contributed by atoms with E-state index in [1.54, 1.807) is 17.7 Å². The predicted octanol–water partition coefficient (Wildman–Crippen LogP) is 3.11. The minimum atomic E-state index is 0.770. The Kier molecular flexibility index (Phi) is 3.96. The van der Waals surface area contributed by atoms with Crippen molar-refractivity contribution in [1.29, 1.82) is 0 Å². The van der Waals surface area contributed by atoms with Gasteiger partial charge in [-0.05, 0) is 18.6 Å². The first-order chi connectivity index (χ1) is 10.3. The zero-order chi connectivity index (χ0) is 14.7. The monoisotopic (exact) mass is 299 g/mol. The molecule has 21 heavy (non-hydrogen) atoms. The van der Waals surface area contributed by atoms with Gasteiger partial charge in [0.25, 0.3) is 0 Å². The average molecular weight is 299 g/mol. The van der Waals surface area contributed by atoms with Crippen molar-refractivity contribution in [2.45, 2.75) is 19.9 Å². The molecule has 3 aromatic rings. The lowest BCUT2D eigenvalue weighted by Crippen LogP contribution is -2.01. The van der Waals surface area contributed by atoms with E-state index in [4.69, 9.17) is 0 Å². The number of nitrogens with one attached hydrogen (secondary N) is 1. The third-order valence-electron chi connectivity index (χ3n) is 3.24. The highest BCUT2D eigenvalue weighted by atomic mass is 32.1. The SMILES string of the molecule is CCc1ncc(CNc2ccccc2-c2nncn2C)s1. The molecule has 0 aliphatic heterocycles. The second-order valence-electron chi connectivity index (χ2n) is 4.74. The van der Waals surface area contributed by atoms with E-state index >= 15 is 0 Å². The molecule has 2 heterocycles. The van der Waals surface area contributed by atoms with Crippen molar-refractivity contribution in [2.24, 2.45) is 7.05 Å². The predicted molar refractivity (Wildman–Crippen MR) is 85.3 cm³/mol. The van der Waals surface area contributed by atoms with Gasteiger partial charge < -0.3 is 9.88 Å². The zero-order valence-corrected chi connectivity index (χ0v) is 12.9. The Hall–Kier alpha value is -2.21. The van der Waals surface area contributed by atoms with E-state index in [9.17, 15) is 0 Å². The number of aromatic nitrogens is 4. The fourth-order valence-corrected chi connectivity index (χ4v) is 2.94. The van der Waals surface area contributed by atoms with Crippen LogP contribution in [-0.4, -0.2) is 19.7 Å². The smallest absolute Gasteiger partial charge is 0.165 e. The third-order valence-corrected chi connectivity index (χ3v) is 4.38. The Morgan fingerprint density at radius 1 is 1.29 bits per heavy atom. The summed E-state index contributed by atoms with van der Waals surface area (Å²) >= 11 is 1.75. The summed E-state index contributed by atoms with van der Waals surface area (Å²) in [5, 5.41) is 12.8. The fourth-order valence-electron chi connectivity index (χ4n) is 2.13. The van der Waals surface area contributed by atoms with Crippen LogP contribution in [-0.2, 0) is 20.0 Å². The Labute approximate surface area is 127 Å². The highest BCUT2D eigenvalue weighted by Gasteiger charge is 2.10. The second kappa shape index (κ2) is 6.05. The van der Waals surface area contributed by atoms with E-state index in [1.807, 2.05) is 29.9 Å². The molecule has 108 valence electrons. The second-order valence-corrected chi connectivity index (χ2v) is 5.94. The molecule has 0 aliphatic carbocycles. The number of rotatable bonds is 5. The van der Waals surface area contributed by atoms with Gasteiger partial charge in [-0.25, -0.2) is 4.98 Å². The zero-order valence-electron chi connectivity index (χ0n) is 12.1. The van der Waals surface area contributed by atoms with Gasteiger partial charge in [-0.1, -0.05) is 19.1 Å². The average Bonchev–Trinajstić information content (AvgIpc) is 3.14. The molecule has 0 spiro atoms. The Bertz CT molecular complexity index is 731. The summed E-state index contributed by atoms with van der Waals surface area (Å²) in [5.74, 6) is 0.858. The molecule has 1 aromatic carbocycles. The first-order valence-electron chi connectivity index (χ1n) is 6.88. The van der Waals surface area contributed by atoms with Crippen LogP contribution in [0.15, 0.2) is 36.8 Å². The molecule has 1 N–H and O–H groups in total. The largest absolute Gasteiger partial charge is 0.379 e. The Morgan fingerprint density at radius 2 is 2.14 bits per heavy atom. The van der Waals surface area contributed by atoms with Crippen molar-refractivity contribution < 1.29 is 0 Å². The van der Waals surface area contributed by atoms with Crippen LogP contribution in [0.5, 0.6) is 0 Å². The molecule has 3 rings (SSSR count). The van der Waals surface area contributed by atoms with E-state index in [1.165, 1.54) is 9.88 Å². The normalized spacial score (nSPS) is 10.8. The van der Waals surface area contributed by atoms with E-state index in [0.29, 0.717) is 0 Å². The Balaban J connectivity index is 1.81. The molecule has 0 fully saturated rings. The number of anilines is 1. The summed E-state index contributed by atoms with van der Waals surface area (Å²) in [4.78, 5) is 5.62. The molecule has 0 saturated carbocycles. The number of hydrogen-bond acceptors (Lipinski definition) is 5. The van der Waals surface area contributed by atoms with Crippen molar-refractivity contribution in [3.05, 3.63) is 46.7 Å². The molecule has 5 nitrogen and oxygen atoms in total. The standard InChI is InChI=1S/C15H17N5S/c1-3-14-17-9-11(21-14)8-16-13-7-5-4-6-12(13)15-19-18-10-20(15)2/h4-7,9-10,16H,3,8H2,1-2H3. The quantitative estimate of drug-likeness (QED) is 0.786. The molecule has 2 aromatic heterocycles. The topological polar surface area (TPSA) is 55.6 Å². The van der Waals surface area contributed by atoms with Gasteiger partial charge in [-0.2, -0.15) is 0 Å². The van der Waals surface area contributed by atoms with Gasteiger partial charge >= 0.3 is 0 Å². The van der Waals surface area contributed by atoms with Crippen LogP contribution >= 0.6 is 11.3 Å². The van der Waals surface area contributed by atoms with E-state index in [-0.39, 0.29) is 0 Å². The van der Waals surface area contributed by atoms with Gasteiger partial charge in [0, 0.05) is 29.4 Å². The lowest BCUT2D eigenvalue weighted by molar-refractivity contribution is 0.919. The number of aryl methyl sites for hydroxylation is 2. The lowest BCUT2D eigenvalue weighted by atomic mass is 10.1. The highest BCUT2D eigenvalue weighted by molar-refractivity contribution is 7.11. The fraction of sp³-hybridized carbons (Fsp3) is 0.267. The van der Waals surface area contributed by atoms with Crippen LogP contribution in [0.4, 0.5) is 5.69 Å². The molecule has 0 unspecified atom stereocenters. The van der Waals surface area contributed by atoms with E-state index in [0.717, 1.165) is 30.0 Å². The molecule has 0 saturated heterocycles. The maximum atomic E-state index is 4.39. The van der Waals surface area contributed by atoms with Crippen molar-refractivity contribution in [3.63, 3.8) is 0 Å². The number of hydrogen-bond donors (Lipinski definition) is 1. The number of para-hydroxylation sites is 1. The minimum absolute atomic E-state index is 0.770. The summed E-state index contributed by atoms with van der Waals surface area (Å²) < 4.78 is 1.92. The van der Waals surface area contributed by atoms with Gasteiger partial charge in [0.2, 0.25) is 0 Å². The van der Waals surface area contributed by atoms with Gasteiger partial charge in [-0.15, -0.1) is 21.5 Å². The molecular weight excluding hydrogens is 282 g/mol. The van der Waals surface area contributed by atoms with Gasteiger partial charge in [0.1, 0.15) is 6.33 Å². The van der Waals surface area contributed by atoms with E-state index in [2.05, 4.69) is 39.6 Å². The molecule has 0 aliphatic rings. The maximum absolute atomic E-state index is 4.39. The summed E-state index contributed by atoms with van der Waals surface area (Å²) in [6, 6.07) is 8.14. The molecule has 0 radical (unpaired) electrons. The summed E-state index contributed by atoms with van der Waals surface area (Å²) in [6.45, 7) is 2.89. The number of thiazole rings is 1. The van der Waals surface area contributed by atoms with E-state index < -0.39 is 0 Å². The summed E-state index contributed by atoms with van der Waals surface area (Å²) in [7, 11) is 1.95. The summed E-state index contributed by atoms with van der Waals surface area (Å²) in [5.41, 5.74) is 2.11. The molecule has 0 amide bonds. The number of nitrogens with zero attached hydrogens (tertiary/aromatic N) is 4. The van der Waals surface area contributed by atoms with Gasteiger partial charge in [-0.3, -0.25) is 0 Å². The van der Waals surface area contributed by atoms with Crippen molar-refractivity contribution in [3.8, 4) is 11.4 Å². The van der Waals surface area contributed by atoms with Crippen LogP contribution in [0.25, 0.3) is 11.4 Å². The molecule has 6 heteroatoms. The molecule has 0 bridgehead atoms. The van der Waals surface area contributed by atoms with Gasteiger partial charge in [0.05, 0.1) is 11.6 Å². The maximum Gasteiger partial charge on any atom is 0.165 e. The van der Waals surface area contributed by atoms with Crippen molar-refractivity contribution in [2.75, 3.05) is 5.32 Å². The number of benzene rings is 1. The van der Waals surface area contributed by atoms with Crippen molar-refractivity contribution in [1.82, 2.24) is 19.7 Å². The van der Waals surface area contributed by atoms with Crippen molar-refractivity contribution >= 4 is 17.0 Å². The first-order valence-corrected chi connectivity index (χ1v) is 7.70. The van der Waals surface area contributed by atoms with Crippen LogP contribution in [0.3, 0.4) is 0 Å². The highest BCUT2D eigenvalue weighted by Crippen LogP contribution is 2.26. The third kappa shape index (κ3) is 2.95. The molecular formula is C15H17N5S. The first kappa shape index (κ1) is 13.8. The minimum Gasteiger partial charge on any atom is -0.379 e. The van der Waals surface area contributed by atoms with Crippen LogP contribution in [0.2, 0.25) is 0 Å².